The second kappa shape index (κ2) is 7.34. The van der Waals surface area contributed by atoms with Crippen LogP contribution in [0.1, 0.15) is 37.1 Å². The first-order valence-corrected chi connectivity index (χ1v) is 8.47. The Morgan fingerprint density at radius 2 is 1.48 bits per heavy atom. The Labute approximate surface area is 148 Å². The predicted molar refractivity (Wildman–Crippen MR) is 95.6 cm³/mol. The van der Waals surface area contributed by atoms with Crippen LogP contribution in [0.15, 0.2) is 40.9 Å². The summed E-state index contributed by atoms with van der Waals surface area (Å²) in [6.45, 7) is 4.17. The fourth-order valence-electron chi connectivity index (χ4n) is 2.19. The van der Waals surface area contributed by atoms with Gasteiger partial charge in [0.15, 0.2) is 0 Å². The van der Waals surface area contributed by atoms with Crippen LogP contribution in [0, 0.1) is 0 Å². The topological polar surface area (TPSA) is 12.0 Å². The molecule has 0 fully saturated rings. The normalized spacial score (nSPS) is 14.0. The summed E-state index contributed by atoms with van der Waals surface area (Å²) in [6, 6.07) is 12.2. The van der Waals surface area contributed by atoms with E-state index in [-0.39, 0.29) is 12.1 Å². The van der Waals surface area contributed by atoms with E-state index in [2.05, 4.69) is 47.2 Å². The molecule has 0 bridgehead atoms. The molecule has 2 aromatic carbocycles. The van der Waals surface area contributed by atoms with Gasteiger partial charge in [0.25, 0.3) is 0 Å². The summed E-state index contributed by atoms with van der Waals surface area (Å²) >= 11 is 21.8. The van der Waals surface area contributed by atoms with Crippen molar-refractivity contribution in [1.29, 1.82) is 0 Å². The molecule has 2 rings (SSSR count). The molecule has 0 aromatic heterocycles. The van der Waals surface area contributed by atoms with E-state index in [0.29, 0.717) is 15.1 Å². The Balaban J connectivity index is 2.16. The number of rotatable bonds is 4. The van der Waals surface area contributed by atoms with Gasteiger partial charge in [-0.15, -0.1) is 0 Å². The van der Waals surface area contributed by atoms with Crippen LogP contribution in [0.3, 0.4) is 0 Å². The lowest BCUT2D eigenvalue weighted by Gasteiger charge is -2.22. The molecule has 0 saturated carbocycles. The quantitative estimate of drug-likeness (QED) is 0.548. The Morgan fingerprint density at radius 1 is 0.857 bits per heavy atom. The highest BCUT2D eigenvalue weighted by atomic mass is 79.9. The second-order valence-corrected chi connectivity index (χ2v) is 7.00. The van der Waals surface area contributed by atoms with Gasteiger partial charge in [0, 0.05) is 16.6 Å². The highest BCUT2D eigenvalue weighted by Crippen LogP contribution is 2.36. The van der Waals surface area contributed by atoms with Crippen LogP contribution in [0.5, 0.6) is 0 Å². The zero-order valence-corrected chi connectivity index (χ0v) is 15.5. The van der Waals surface area contributed by atoms with Crippen molar-refractivity contribution in [3.05, 3.63) is 67.1 Å². The summed E-state index contributed by atoms with van der Waals surface area (Å²) in [7, 11) is 0. The van der Waals surface area contributed by atoms with Gasteiger partial charge in [-0.25, -0.2) is 0 Å². The Hall–Kier alpha value is -0.250. The van der Waals surface area contributed by atoms with Crippen molar-refractivity contribution in [1.82, 2.24) is 5.32 Å². The van der Waals surface area contributed by atoms with Gasteiger partial charge in [0.2, 0.25) is 0 Å². The molecule has 0 radical (unpaired) electrons. The smallest absolute Gasteiger partial charge is 0.0781 e. The van der Waals surface area contributed by atoms with Gasteiger partial charge in [-0.2, -0.15) is 0 Å². The molecule has 1 N–H and O–H groups in total. The van der Waals surface area contributed by atoms with E-state index < -0.39 is 0 Å². The van der Waals surface area contributed by atoms with E-state index in [1.165, 1.54) is 5.56 Å². The first-order chi connectivity index (χ1) is 9.90. The molecular weight excluding hydrogens is 392 g/mol. The maximum atomic E-state index is 6.28. The van der Waals surface area contributed by atoms with Crippen molar-refractivity contribution in [2.75, 3.05) is 0 Å². The average molecular weight is 408 g/mol. The Kier molecular flexibility index (Phi) is 5.98. The number of halogens is 4. The van der Waals surface area contributed by atoms with Gasteiger partial charge in [-0.3, -0.25) is 0 Å². The van der Waals surface area contributed by atoms with E-state index >= 15 is 0 Å². The van der Waals surface area contributed by atoms with Crippen LogP contribution in [-0.4, -0.2) is 0 Å². The highest BCUT2D eigenvalue weighted by molar-refractivity contribution is 9.10. The minimum atomic E-state index is 0.0610. The highest BCUT2D eigenvalue weighted by Gasteiger charge is 2.16. The fraction of sp³-hybridized carbons (Fsp3) is 0.250. The van der Waals surface area contributed by atoms with Crippen molar-refractivity contribution in [3.8, 4) is 0 Å². The monoisotopic (exact) mass is 405 g/mol. The van der Waals surface area contributed by atoms with Gasteiger partial charge >= 0.3 is 0 Å². The molecule has 1 nitrogen and oxygen atoms in total. The zero-order valence-electron chi connectivity index (χ0n) is 11.6. The molecule has 0 aliphatic carbocycles. The number of hydrogen-bond acceptors (Lipinski definition) is 1. The fourth-order valence-corrected chi connectivity index (χ4v) is 3.16. The lowest BCUT2D eigenvalue weighted by molar-refractivity contribution is 0.495. The molecule has 0 spiro atoms. The maximum Gasteiger partial charge on any atom is 0.0781 e. The van der Waals surface area contributed by atoms with Crippen molar-refractivity contribution >= 4 is 50.7 Å². The van der Waals surface area contributed by atoms with Gasteiger partial charge in [-0.05, 0) is 43.2 Å². The minimum absolute atomic E-state index is 0.0610. The third kappa shape index (κ3) is 4.14. The van der Waals surface area contributed by atoms with Crippen molar-refractivity contribution in [2.24, 2.45) is 0 Å². The predicted octanol–water partition coefficient (Wildman–Crippen LogP) is 6.82. The average Bonchev–Trinajstić information content (AvgIpc) is 2.45. The van der Waals surface area contributed by atoms with Gasteiger partial charge < -0.3 is 5.32 Å². The lowest BCUT2D eigenvalue weighted by atomic mass is 10.0. The van der Waals surface area contributed by atoms with E-state index in [0.717, 1.165) is 10.0 Å². The van der Waals surface area contributed by atoms with E-state index in [4.69, 9.17) is 34.8 Å². The SMILES string of the molecule is CC(N[C@@H](C)c1ccc(Br)cc1)c1ccc(Cl)c(Cl)c1Cl. The number of nitrogens with one attached hydrogen (secondary N) is 1. The molecule has 2 atom stereocenters. The van der Waals surface area contributed by atoms with Gasteiger partial charge in [0.05, 0.1) is 15.1 Å². The van der Waals surface area contributed by atoms with E-state index in [1.807, 2.05) is 18.2 Å². The third-order valence-corrected chi connectivity index (χ3v) is 5.24. The summed E-state index contributed by atoms with van der Waals surface area (Å²) in [6.07, 6.45) is 0. The molecule has 1 unspecified atom stereocenters. The summed E-state index contributed by atoms with van der Waals surface area (Å²) in [5, 5.41) is 4.90. The van der Waals surface area contributed by atoms with Crippen molar-refractivity contribution < 1.29 is 0 Å². The van der Waals surface area contributed by atoms with E-state index in [1.54, 1.807) is 6.07 Å². The largest absolute Gasteiger partial charge is 0.304 e. The lowest BCUT2D eigenvalue weighted by Crippen LogP contribution is -2.22. The van der Waals surface area contributed by atoms with Crippen LogP contribution in [-0.2, 0) is 0 Å². The van der Waals surface area contributed by atoms with E-state index in [9.17, 15) is 0 Å². The maximum absolute atomic E-state index is 6.28. The molecule has 0 aliphatic rings. The summed E-state index contributed by atoms with van der Waals surface area (Å²) in [5.41, 5.74) is 2.15. The van der Waals surface area contributed by atoms with Gasteiger partial charge in [0.1, 0.15) is 0 Å². The molecule has 0 heterocycles. The Bertz CT molecular complexity index is 628. The minimum Gasteiger partial charge on any atom is -0.304 e. The second-order valence-electron chi connectivity index (χ2n) is 4.93. The molecule has 112 valence electrons. The molecular formula is C16H15BrCl3N. The van der Waals surface area contributed by atoms with Crippen LogP contribution in [0.2, 0.25) is 15.1 Å². The molecule has 2 aromatic rings. The van der Waals surface area contributed by atoms with Crippen LogP contribution >= 0.6 is 50.7 Å². The van der Waals surface area contributed by atoms with Crippen LogP contribution < -0.4 is 5.32 Å². The summed E-state index contributed by atoms with van der Waals surface area (Å²) in [4.78, 5) is 0. The standard InChI is InChI=1S/C16H15BrCl3N/c1-9(11-3-5-12(17)6-4-11)21-10(2)13-7-8-14(18)16(20)15(13)19/h3-10,21H,1-2H3/t9-,10?/m0/s1. The first kappa shape index (κ1) is 17.1. The van der Waals surface area contributed by atoms with Crippen molar-refractivity contribution in [2.45, 2.75) is 25.9 Å². The molecule has 0 saturated heterocycles. The third-order valence-electron chi connectivity index (χ3n) is 3.40. The van der Waals surface area contributed by atoms with Crippen LogP contribution in [0.25, 0.3) is 0 Å². The molecule has 5 heteroatoms. The molecule has 0 aliphatic heterocycles. The first-order valence-electron chi connectivity index (χ1n) is 6.55. The zero-order chi connectivity index (χ0) is 15.6. The summed E-state index contributed by atoms with van der Waals surface area (Å²) in [5.74, 6) is 0. The molecule has 21 heavy (non-hydrogen) atoms. The van der Waals surface area contributed by atoms with Crippen LogP contribution in [0.4, 0.5) is 0 Å². The Morgan fingerprint density at radius 3 is 2.10 bits per heavy atom. The number of hydrogen-bond donors (Lipinski definition) is 1. The number of benzene rings is 2. The van der Waals surface area contributed by atoms with Gasteiger partial charge in [-0.1, -0.05) is 68.9 Å². The summed E-state index contributed by atoms with van der Waals surface area (Å²) < 4.78 is 1.07. The van der Waals surface area contributed by atoms with Crippen molar-refractivity contribution in [3.63, 3.8) is 0 Å². The molecule has 0 amide bonds.